The van der Waals surface area contributed by atoms with Crippen LogP contribution in [0.4, 0.5) is 9.52 Å². The van der Waals surface area contributed by atoms with Crippen molar-refractivity contribution in [1.82, 2.24) is 4.98 Å². The van der Waals surface area contributed by atoms with Crippen LogP contribution in [0, 0.1) is 5.82 Å². The lowest BCUT2D eigenvalue weighted by Gasteiger charge is -2.19. The summed E-state index contributed by atoms with van der Waals surface area (Å²) in [7, 11) is -2.11. The van der Waals surface area contributed by atoms with Crippen molar-refractivity contribution in [1.29, 1.82) is 0 Å². The number of hydrogen-bond acceptors (Lipinski definition) is 9. The molecule has 1 saturated carbocycles. The average molecular weight is 583 g/mol. The molecule has 1 aliphatic carbocycles. The fourth-order valence-electron chi connectivity index (χ4n) is 3.78. The van der Waals surface area contributed by atoms with Gasteiger partial charge in [0.2, 0.25) is 11.2 Å². The first-order valence-corrected chi connectivity index (χ1v) is 14.5. The number of carbonyl (C=O) groups excluding carboxylic acids is 2. The van der Waals surface area contributed by atoms with Crippen molar-refractivity contribution in [3.05, 3.63) is 95.9 Å². The van der Waals surface area contributed by atoms with Crippen LogP contribution in [0.15, 0.2) is 83.9 Å². The van der Waals surface area contributed by atoms with Gasteiger partial charge < -0.3 is 14.2 Å². The van der Waals surface area contributed by atoms with Gasteiger partial charge in [-0.2, -0.15) is 0 Å². The molecule has 1 aromatic heterocycles. The second-order valence-corrected chi connectivity index (χ2v) is 12.1. The predicted molar refractivity (Wildman–Crippen MR) is 145 cm³/mol. The number of thiazole rings is 1. The molecule has 1 aliphatic rings. The van der Waals surface area contributed by atoms with Crippen molar-refractivity contribution in [3.8, 4) is 16.6 Å². The lowest BCUT2D eigenvalue weighted by Crippen LogP contribution is -2.25. The number of rotatable bonds is 10. The Morgan fingerprint density at radius 2 is 1.75 bits per heavy atom. The zero-order valence-electron chi connectivity index (χ0n) is 21.1. The molecule has 1 heterocycles. The molecule has 0 spiro atoms. The van der Waals surface area contributed by atoms with Gasteiger partial charge in [0.1, 0.15) is 17.3 Å². The van der Waals surface area contributed by atoms with E-state index in [1.807, 2.05) is 0 Å². The van der Waals surface area contributed by atoms with Crippen molar-refractivity contribution >= 4 is 38.2 Å². The Balaban J connectivity index is 1.33. The minimum absolute atomic E-state index is 0.119. The number of carbonyl (C=O) groups is 2. The number of nitrogens with one attached hydrogen (secondary N) is 1. The summed E-state index contributed by atoms with van der Waals surface area (Å²) < 4.78 is 55.2. The number of halogens is 1. The van der Waals surface area contributed by atoms with Gasteiger partial charge in [0.05, 0.1) is 29.0 Å². The number of esters is 1. The summed E-state index contributed by atoms with van der Waals surface area (Å²) in [6.45, 7) is 0. The molecule has 0 bridgehead atoms. The van der Waals surface area contributed by atoms with Gasteiger partial charge in [-0.05, 0) is 61.4 Å². The zero-order valence-corrected chi connectivity index (χ0v) is 22.7. The highest BCUT2D eigenvalue weighted by Crippen LogP contribution is 2.35. The third kappa shape index (κ3) is 6.29. The molecule has 3 aromatic carbocycles. The first-order chi connectivity index (χ1) is 19.2. The zero-order chi connectivity index (χ0) is 28.3. The average Bonchev–Trinajstić information content (AvgIpc) is 3.74. The van der Waals surface area contributed by atoms with Crippen molar-refractivity contribution in [2.24, 2.45) is 0 Å². The first kappa shape index (κ1) is 27.3. The molecule has 1 atom stereocenters. The van der Waals surface area contributed by atoms with Gasteiger partial charge in [0, 0.05) is 11.6 Å². The molecular weight excluding hydrogens is 559 g/mol. The molecule has 1 amide bonds. The van der Waals surface area contributed by atoms with Crippen LogP contribution in [0.25, 0.3) is 0 Å². The van der Waals surface area contributed by atoms with E-state index in [1.165, 1.54) is 55.8 Å². The van der Waals surface area contributed by atoms with Crippen LogP contribution in [0.1, 0.15) is 34.9 Å². The summed E-state index contributed by atoms with van der Waals surface area (Å²) in [4.78, 5) is 29.3. The number of nitrogens with zero attached hydrogens (tertiary/aromatic N) is 1. The predicted octanol–water partition coefficient (Wildman–Crippen LogP) is 5.56. The molecule has 40 heavy (non-hydrogen) atoms. The van der Waals surface area contributed by atoms with E-state index in [0.29, 0.717) is 34.8 Å². The van der Waals surface area contributed by atoms with Gasteiger partial charge in [-0.25, -0.2) is 22.6 Å². The highest BCUT2D eigenvalue weighted by atomic mass is 32.2. The molecule has 0 radical (unpaired) electrons. The molecule has 5 rings (SSSR count). The number of amides is 1. The van der Waals surface area contributed by atoms with Crippen LogP contribution in [0.5, 0.6) is 16.6 Å². The maximum Gasteiger partial charge on any atom is 0.337 e. The van der Waals surface area contributed by atoms with Crippen LogP contribution in [0.2, 0.25) is 0 Å². The van der Waals surface area contributed by atoms with E-state index in [-0.39, 0.29) is 21.0 Å². The fraction of sp³-hybridized carbons (Fsp3) is 0.179. The maximum absolute atomic E-state index is 13.8. The van der Waals surface area contributed by atoms with Crippen LogP contribution in [-0.4, -0.2) is 37.6 Å². The Hall–Kier alpha value is -4.29. The van der Waals surface area contributed by atoms with Crippen molar-refractivity contribution < 1.29 is 36.6 Å². The number of ether oxygens (including phenoxy) is 3. The number of benzene rings is 3. The normalized spacial score (nSPS) is 13.8. The third-order valence-corrected chi connectivity index (χ3v) is 9.04. The Morgan fingerprint density at radius 3 is 2.40 bits per heavy atom. The van der Waals surface area contributed by atoms with Crippen molar-refractivity contribution in [2.75, 3.05) is 12.4 Å². The lowest BCUT2D eigenvalue weighted by atomic mass is 10.1. The van der Waals surface area contributed by atoms with E-state index in [1.54, 1.807) is 24.3 Å². The second kappa shape index (κ2) is 11.4. The van der Waals surface area contributed by atoms with Crippen LogP contribution in [-0.2, 0) is 19.4 Å². The minimum atomic E-state index is -3.41. The number of aromatic nitrogens is 1. The molecule has 12 heteroatoms. The van der Waals surface area contributed by atoms with E-state index in [4.69, 9.17) is 9.47 Å². The molecule has 1 fully saturated rings. The van der Waals surface area contributed by atoms with E-state index in [0.717, 1.165) is 17.4 Å². The lowest BCUT2D eigenvalue weighted by molar-refractivity contribution is -0.123. The third-order valence-electron chi connectivity index (χ3n) is 5.97. The van der Waals surface area contributed by atoms with Crippen LogP contribution in [0.3, 0.4) is 0 Å². The monoisotopic (exact) mass is 582 g/mol. The second-order valence-electron chi connectivity index (χ2n) is 8.86. The summed E-state index contributed by atoms with van der Waals surface area (Å²) in [5.41, 5.74) is 0.741. The maximum atomic E-state index is 13.8. The molecule has 0 saturated heterocycles. The van der Waals surface area contributed by atoms with E-state index < -0.39 is 33.6 Å². The van der Waals surface area contributed by atoms with E-state index in [2.05, 4.69) is 15.0 Å². The van der Waals surface area contributed by atoms with Gasteiger partial charge in [-0.15, -0.1) is 0 Å². The topological polar surface area (TPSA) is 121 Å². The highest BCUT2D eigenvalue weighted by molar-refractivity contribution is 7.92. The Labute approximate surface area is 233 Å². The summed E-state index contributed by atoms with van der Waals surface area (Å²) in [5, 5.41) is 2.90. The van der Waals surface area contributed by atoms with Gasteiger partial charge in [-0.3, -0.25) is 10.1 Å². The Morgan fingerprint density at radius 1 is 1.02 bits per heavy atom. The van der Waals surface area contributed by atoms with Crippen molar-refractivity contribution in [3.63, 3.8) is 0 Å². The summed E-state index contributed by atoms with van der Waals surface area (Å²) in [6.07, 6.45) is 1.46. The van der Waals surface area contributed by atoms with Gasteiger partial charge in [-0.1, -0.05) is 29.5 Å². The minimum Gasteiger partial charge on any atom is -0.476 e. The van der Waals surface area contributed by atoms with E-state index in [9.17, 15) is 22.4 Å². The molecule has 1 N–H and O–H groups in total. The smallest absolute Gasteiger partial charge is 0.337 e. The van der Waals surface area contributed by atoms with E-state index >= 15 is 0 Å². The number of sulfone groups is 1. The largest absolute Gasteiger partial charge is 0.476 e. The molecule has 0 aliphatic heterocycles. The molecule has 1 unspecified atom stereocenters. The summed E-state index contributed by atoms with van der Waals surface area (Å²) in [5.74, 6) is -1.05. The van der Waals surface area contributed by atoms with Gasteiger partial charge in [0.15, 0.2) is 15.0 Å². The first-order valence-electron chi connectivity index (χ1n) is 12.1. The molecule has 4 aromatic rings. The summed E-state index contributed by atoms with van der Waals surface area (Å²) in [6, 6.07) is 17.6. The summed E-state index contributed by atoms with van der Waals surface area (Å²) >= 11 is 1.06. The number of anilines is 1. The molecular formula is C28H23FN2O7S2. The fourth-order valence-corrected chi connectivity index (χ4v) is 6.13. The molecule has 9 nitrogen and oxygen atoms in total. The van der Waals surface area contributed by atoms with Crippen LogP contribution < -0.4 is 14.8 Å². The number of hydrogen-bond donors (Lipinski definition) is 1. The quantitative estimate of drug-likeness (QED) is 0.242. The SMILES string of the molecule is COC(=O)c1ccc(Oc2cnc(NC(=O)C(Oc3cccc(F)c3)c3ccc(S(=O)(=O)C4CC4)cc3)s2)cc1. The highest BCUT2D eigenvalue weighted by Gasteiger charge is 2.37. The van der Waals surface area contributed by atoms with Crippen molar-refractivity contribution in [2.45, 2.75) is 29.1 Å². The Kier molecular flexibility index (Phi) is 7.81. The Bertz CT molecular complexity index is 1630. The molecule has 206 valence electrons. The van der Waals surface area contributed by atoms with Crippen LogP contribution >= 0.6 is 11.3 Å². The van der Waals surface area contributed by atoms with Gasteiger partial charge in [0.25, 0.3) is 5.91 Å². The number of methoxy groups -OCH3 is 1. The van der Waals surface area contributed by atoms with Gasteiger partial charge >= 0.3 is 5.97 Å². The standard InChI is InChI=1S/C28H23FN2O7S2/c1-36-27(33)18-5-9-20(10-6-18)37-24-16-30-28(39-24)31-26(32)25(38-21-4-2-3-19(29)15-21)17-7-11-22(12-8-17)40(34,35)23-13-14-23/h2-12,15-16,23,25H,13-14H2,1H3,(H,30,31,32).